The number of carbonyl (C=O) groups is 1. The SMILES string of the molecule is COC1CN(c2nc(C(=O)O)cc3ccc(/C=C/C45CCC(OCc6c(-c7c(Cl)cncc7Cl)noc6C6CC6)(CC4)CC5)cc23)C1. The molecular weight excluding hydrogens is 639 g/mol. The number of benzene rings is 1. The van der Waals surface area contributed by atoms with E-state index in [9.17, 15) is 9.90 Å². The first-order chi connectivity index (χ1) is 22.8. The van der Waals surface area contributed by atoms with Crippen LogP contribution in [-0.4, -0.2) is 58.1 Å². The molecule has 4 aliphatic carbocycles. The predicted octanol–water partition coefficient (Wildman–Crippen LogP) is 8.33. The molecule has 0 spiro atoms. The summed E-state index contributed by atoms with van der Waals surface area (Å²) >= 11 is 13.0. The summed E-state index contributed by atoms with van der Waals surface area (Å²) in [6, 6.07) is 7.84. The molecule has 0 amide bonds. The lowest BCUT2D eigenvalue weighted by molar-refractivity contribution is -0.133. The molecule has 1 N–H and O–H groups in total. The highest BCUT2D eigenvalue weighted by molar-refractivity contribution is 6.38. The normalized spacial score (nSPS) is 24.4. The number of hydrogen-bond donors (Lipinski definition) is 1. The van der Waals surface area contributed by atoms with E-state index in [1.807, 2.05) is 6.07 Å². The molecule has 0 radical (unpaired) electrons. The minimum absolute atomic E-state index is 0.0552. The van der Waals surface area contributed by atoms with Crippen LogP contribution in [0.1, 0.15) is 84.7 Å². The zero-order valence-electron chi connectivity index (χ0n) is 26.2. The summed E-state index contributed by atoms with van der Waals surface area (Å²) in [7, 11) is 1.70. The minimum atomic E-state index is -1.03. The minimum Gasteiger partial charge on any atom is -0.477 e. The Bertz CT molecular complexity index is 1850. The first-order valence-corrected chi connectivity index (χ1v) is 17.1. The molecule has 4 heterocycles. The number of hydrogen-bond acceptors (Lipinski definition) is 8. The van der Waals surface area contributed by atoms with Gasteiger partial charge in [0.1, 0.15) is 17.3 Å². The number of nitrogens with zero attached hydrogens (tertiary/aromatic N) is 4. The fourth-order valence-corrected chi connectivity index (χ4v) is 8.11. The molecule has 1 aliphatic heterocycles. The van der Waals surface area contributed by atoms with Crippen molar-refractivity contribution in [3.63, 3.8) is 0 Å². The number of anilines is 1. The van der Waals surface area contributed by atoms with Crippen molar-refractivity contribution in [2.45, 2.75) is 75.6 Å². The number of aromatic nitrogens is 3. The molecule has 5 fully saturated rings. The number of aromatic carboxylic acids is 1. The standard InChI is InChI=1S/C36H36Cl2N4O5/c1-45-24-18-42(19-24)33-25-14-21(2-3-23(25)15-29(40-33)34(43)44)6-7-35-8-11-36(12-9-35,13-10-35)46-20-26-31(41-47-32(26)22-4-5-22)30-27(37)16-39-17-28(30)38/h2-3,6-7,14-17,22,24H,4-5,8-13,18-20H2,1H3,(H,43,44)/b7-6+. The van der Waals surface area contributed by atoms with E-state index in [4.69, 9.17) is 37.2 Å². The van der Waals surface area contributed by atoms with E-state index in [1.165, 1.54) is 0 Å². The van der Waals surface area contributed by atoms with Crippen LogP contribution < -0.4 is 4.90 Å². The molecule has 5 aliphatic rings. The van der Waals surface area contributed by atoms with Crippen LogP contribution in [0.4, 0.5) is 5.82 Å². The second-order valence-corrected chi connectivity index (χ2v) is 14.5. The topological polar surface area (TPSA) is 111 Å². The van der Waals surface area contributed by atoms with E-state index >= 15 is 0 Å². The van der Waals surface area contributed by atoms with E-state index in [2.05, 4.69) is 44.3 Å². The second-order valence-electron chi connectivity index (χ2n) is 13.7. The van der Waals surface area contributed by atoms with Crippen molar-refractivity contribution in [2.75, 3.05) is 25.1 Å². The van der Waals surface area contributed by atoms with Crippen LogP contribution in [0.2, 0.25) is 10.0 Å². The van der Waals surface area contributed by atoms with Gasteiger partial charge in [0.15, 0.2) is 5.69 Å². The quantitative estimate of drug-likeness (QED) is 0.177. The summed E-state index contributed by atoms with van der Waals surface area (Å²) in [6.07, 6.45) is 16.3. The van der Waals surface area contributed by atoms with E-state index in [1.54, 1.807) is 25.6 Å². The van der Waals surface area contributed by atoms with Crippen LogP contribution in [0.15, 0.2) is 47.3 Å². The molecule has 4 saturated carbocycles. The van der Waals surface area contributed by atoms with Gasteiger partial charge in [0.25, 0.3) is 0 Å². The number of pyridine rings is 2. The Labute approximate surface area is 282 Å². The van der Waals surface area contributed by atoms with E-state index in [-0.39, 0.29) is 22.8 Å². The van der Waals surface area contributed by atoms with Crippen LogP contribution >= 0.6 is 23.2 Å². The molecule has 9 nitrogen and oxygen atoms in total. The van der Waals surface area contributed by atoms with Crippen molar-refractivity contribution in [3.05, 3.63) is 75.4 Å². The van der Waals surface area contributed by atoms with Crippen molar-refractivity contribution in [1.29, 1.82) is 0 Å². The molecule has 9 rings (SSSR count). The molecule has 0 atom stereocenters. The highest BCUT2D eigenvalue weighted by Crippen LogP contribution is 2.55. The zero-order valence-corrected chi connectivity index (χ0v) is 27.7. The third-order valence-electron chi connectivity index (χ3n) is 10.8. The monoisotopic (exact) mass is 674 g/mol. The van der Waals surface area contributed by atoms with Gasteiger partial charge in [-0.2, -0.15) is 0 Å². The third-order valence-corrected chi connectivity index (χ3v) is 11.4. The summed E-state index contributed by atoms with van der Waals surface area (Å²) in [5.41, 5.74) is 3.37. The first-order valence-electron chi connectivity index (χ1n) is 16.3. The smallest absolute Gasteiger partial charge is 0.354 e. The Morgan fingerprint density at radius 3 is 2.47 bits per heavy atom. The Morgan fingerprint density at radius 1 is 1.09 bits per heavy atom. The number of halogens is 2. The van der Waals surface area contributed by atoms with Gasteiger partial charge in [0.2, 0.25) is 0 Å². The van der Waals surface area contributed by atoms with Gasteiger partial charge in [0.05, 0.1) is 28.4 Å². The molecule has 244 valence electrons. The summed E-state index contributed by atoms with van der Waals surface area (Å²) in [6.45, 7) is 1.81. The predicted molar refractivity (Wildman–Crippen MR) is 180 cm³/mol. The maximum Gasteiger partial charge on any atom is 0.354 e. The van der Waals surface area contributed by atoms with Gasteiger partial charge in [-0.1, -0.05) is 52.6 Å². The molecule has 2 bridgehead atoms. The van der Waals surface area contributed by atoms with Crippen LogP contribution in [0.25, 0.3) is 28.1 Å². The number of carboxylic acid groups (broad SMARTS) is 1. The van der Waals surface area contributed by atoms with Gasteiger partial charge in [-0.15, -0.1) is 0 Å². The molecule has 0 unspecified atom stereocenters. The number of carboxylic acids is 1. The fourth-order valence-electron chi connectivity index (χ4n) is 7.57. The number of ether oxygens (including phenoxy) is 2. The van der Waals surface area contributed by atoms with Gasteiger partial charge in [0, 0.05) is 55.0 Å². The maximum atomic E-state index is 11.8. The molecule has 1 saturated heterocycles. The molecular formula is C36H36Cl2N4O5. The number of fused-ring (bicyclic) bond motifs is 4. The Hall–Kier alpha value is -3.50. The summed E-state index contributed by atoms with van der Waals surface area (Å²) < 4.78 is 18.1. The van der Waals surface area contributed by atoms with Gasteiger partial charge >= 0.3 is 5.97 Å². The molecule has 1 aromatic carbocycles. The molecule has 47 heavy (non-hydrogen) atoms. The number of rotatable bonds is 10. The Morgan fingerprint density at radius 2 is 1.81 bits per heavy atom. The molecule has 11 heteroatoms. The second kappa shape index (κ2) is 11.9. The fraction of sp³-hybridized carbons (Fsp3) is 0.444. The van der Waals surface area contributed by atoms with Gasteiger partial charge in [-0.05, 0) is 79.9 Å². The van der Waals surface area contributed by atoms with Crippen LogP contribution in [-0.2, 0) is 16.1 Å². The number of methoxy groups -OCH3 is 1. The van der Waals surface area contributed by atoms with Gasteiger partial charge in [-0.25, -0.2) is 9.78 Å². The Balaban J connectivity index is 0.984. The average Bonchev–Trinajstić information content (AvgIpc) is 3.82. The summed E-state index contributed by atoms with van der Waals surface area (Å²) in [5.74, 6) is 0.942. The van der Waals surface area contributed by atoms with Crippen molar-refractivity contribution < 1.29 is 23.9 Å². The lowest BCUT2D eigenvalue weighted by atomic mass is 9.58. The lowest BCUT2D eigenvalue weighted by Gasteiger charge is -2.52. The van der Waals surface area contributed by atoms with E-state index in [0.29, 0.717) is 52.7 Å². The van der Waals surface area contributed by atoms with Crippen LogP contribution in [0.3, 0.4) is 0 Å². The summed E-state index contributed by atoms with van der Waals surface area (Å²) in [5, 5.41) is 16.8. The van der Waals surface area contributed by atoms with Crippen LogP contribution in [0.5, 0.6) is 0 Å². The first kappa shape index (κ1) is 30.8. The number of allylic oxidation sites excluding steroid dienone is 1. The lowest BCUT2D eigenvalue weighted by Crippen LogP contribution is -2.52. The van der Waals surface area contributed by atoms with Gasteiger partial charge < -0.3 is 24.0 Å². The average molecular weight is 676 g/mol. The van der Waals surface area contributed by atoms with Crippen molar-refractivity contribution >= 4 is 51.8 Å². The van der Waals surface area contributed by atoms with Crippen molar-refractivity contribution in [3.8, 4) is 11.3 Å². The zero-order chi connectivity index (χ0) is 32.3. The Kier molecular flexibility index (Phi) is 7.79. The third kappa shape index (κ3) is 5.71. The maximum absolute atomic E-state index is 11.8. The summed E-state index contributed by atoms with van der Waals surface area (Å²) in [4.78, 5) is 22.5. The molecule has 4 aromatic rings. The highest BCUT2D eigenvalue weighted by Gasteiger charge is 2.48. The van der Waals surface area contributed by atoms with Crippen molar-refractivity contribution in [1.82, 2.24) is 15.1 Å². The van der Waals surface area contributed by atoms with Crippen molar-refractivity contribution in [2.24, 2.45) is 5.41 Å². The molecule has 3 aromatic heterocycles. The van der Waals surface area contributed by atoms with Crippen LogP contribution in [0, 0.1) is 5.41 Å². The van der Waals surface area contributed by atoms with Gasteiger partial charge in [-0.3, -0.25) is 4.98 Å². The largest absolute Gasteiger partial charge is 0.477 e. The van der Waals surface area contributed by atoms with E-state index in [0.717, 1.165) is 79.0 Å². The van der Waals surface area contributed by atoms with E-state index < -0.39 is 5.97 Å². The highest BCUT2D eigenvalue weighted by atomic mass is 35.5.